The van der Waals surface area contributed by atoms with Gasteiger partial charge in [-0.25, -0.2) is 4.79 Å². The molecule has 0 aliphatic carbocycles. The number of nitrogens with zero attached hydrogens (tertiary/aromatic N) is 1. The molecule has 0 heterocycles. The zero-order chi connectivity index (χ0) is 8.85. The molecule has 6 heteroatoms. The van der Waals surface area contributed by atoms with Gasteiger partial charge in [0.2, 0.25) is 0 Å². The van der Waals surface area contributed by atoms with Crippen LogP contribution in [0.2, 0.25) is 0 Å². The molecule has 0 aromatic rings. The van der Waals surface area contributed by atoms with Crippen LogP contribution in [0.4, 0.5) is 0 Å². The Morgan fingerprint density at radius 2 is 1.82 bits per heavy atom. The van der Waals surface area contributed by atoms with E-state index in [1.54, 1.807) is 0 Å². The van der Waals surface area contributed by atoms with Crippen molar-refractivity contribution in [3.63, 3.8) is 0 Å². The minimum Gasteiger partial charge on any atom is -0.481 e. The molecule has 0 amide bonds. The number of carbonyl (C=O) groups is 2. The summed E-state index contributed by atoms with van der Waals surface area (Å²) in [6, 6.07) is 0. The van der Waals surface area contributed by atoms with Crippen molar-refractivity contribution in [2.24, 2.45) is 10.9 Å². The van der Waals surface area contributed by atoms with Crippen LogP contribution >= 0.6 is 0 Å². The lowest BCUT2D eigenvalue weighted by Gasteiger charge is -1.94. The highest BCUT2D eigenvalue weighted by Crippen LogP contribution is 1.92. The third-order valence-electron chi connectivity index (χ3n) is 0.978. The molecule has 62 valence electrons. The van der Waals surface area contributed by atoms with Crippen molar-refractivity contribution >= 4 is 17.7 Å². The topological polar surface area (TPSA) is 113 Å². The van der Waals surface area contributed by atoms with Gasteiger partial charge in [0.25, 0.3) is 0 Å². The molecule has 0 unspecified atom stereocenters. The van der Waals surface area contributed by atoms with E-state index in [-0.39, 0.29) is 18.6 Å². The van der Waals surface area contributed by atoms with Crippen LogP contribution in [0, 0.1) is 0 Å². The lowest BCUT2D eigenvalue weighted by Crippen LogP contribution is -2.16. The number of rotatable bonds is 4. The molecule has 0 aliphatic rings. The monoisotopic (exact) mass is 160 g/mol. The van der Waals surface area contributed by atoms with Gasteiger partial charge in [0.15, 0.2) is 0 Å². The number of hydrazone groups is 1. The van der Waals surface area contributed by atoms with Crippen molar-refractivity contribution in [1.82, 2.24) is 0 Å². The Bertz CT molecular complexity index is 199. The van der Waals surface area contributed by atoms with Gasteiger partial charge in [-0.2, -0.15) is 5.10 Å². The predicted octanol–water partition coefficient (Wildman–Crippen LogP) is -0.750. The van der Waals surface area contributed by atoms with E-state index in [0.717, 1.165) is 0 Å². The maximum absolute atomic E-state index is 10.1. The maximum atomic E-state index is 10.1. The second kappa shape index (κ2) is 4.26. The van der Waals surface area contributed by atoms with Gasteiger partial charge in [-0.05, 0) is 0 Å². The molecular weight excluding hydrogens is 152 g/mol. The van der Waals surface area contributed by atoms with Gasteiger partial charge in [0, 0.05) is 6.42 Å². The molecule has 0 aromatic heterocycles. The average molecular weight is 160 g/mol. The summed E-state index contributed by atoms with van der Waals surface area (Å²) in [6.45, 7) is 0. The van der Waals surface area contributed by atoms with Gasteiger partial charge in [-0.15, -0.1) is 0 Å². The van der Waals surface area contributed by atoms with Crippen molar-refractivity contribution in [2.75, 3.05) is 0 Å². The third kappa shape index (κ3) is 3.90. The minimum absolute atomic E-state index is 0.152. The fourth-order valence-electron chi connectivity index (χ4n) is 0.452. The Labute approximate surface area is 62.3 Å². The van der Waals surface area contributed by atoms with E-state index in [2.05, 4.69) is 10.9 Å². The van der Waals surface area contributed by atoms with E-state index in [4.69, 9.17) is 10.2 Å². The van der Waals surface area contributed by atoms with Gasteiger partial charge >= 0.3 is 11.9 Å². The molecule has 0 saturated heterocycles. The van der Waals surface area contributed by atoms with Gasteiger partial charge in [-0.1, -0.05) is 0 Å². The molecule has 0 aliphatic heterocycles. The highest BCUT2D eigenvalue weighted by atomic mass is 16.4. The van der Waals surface area contributed by atoms with Gasteiger partial charge in [-0.3, -0.25) is 4.79 Å². The first kappa shape index (κ1) is 9.41. The third-order valence-corrected chi connectivity index (χ3v) is 0.978. The largest absolute Gasteiger partial charge is 0.481 e. The normalized spacial score (nSPS) is 11.1. The second-order valence-electron chi connectivity index (χ2n) is 1.77. The van der Waals surface area contributed by atoms with Crippen LogP contribution in [0.15, 0.2) is 5.10 Å². The average Bonchev–Trinajstić information content (AvgIpc) is 1.87. The number of aliphatic carboxylic acids is 2. The van der Waals surface area contributed by atoms with E-state index in [9.17, 15) is 9.59 Å². The highest BCUT2D eigenvalue weighted by molar-refractivity contribution is 6.35. The van der Waals surface area contributed by atoms with E-state index in [1.165, 1.54) is 0 Å². The summed E-state index contributed by atoms with van der Waals surface area (Å²) >= 11 is 0. The number of carboxylic acid groups (broad SMARTS) is 2. The lowest BCUT2D eigenvalue weighted by molar-refractivity contribution is -0.136. The zero-order valence-electron chi connectivity index (χ0n) is 5.65. The van der Waals surface area contributed by atoms with Crippen LogP contribution in [0.1, 0.15) is 12.8 Å². The smallest absolute Gasteiger partial charge is 0.352 e. The summed E-state index contributed by atoms with van der Waals surface area (Å²) in [5.41, 5.74) is -0.326. The first-order valence-corrected chi connectivity index (χ1v) is 2.79. The Morgan fingerprint density at radius 1 is 1.27 bits per heavy atom. The number of hydrogen-bond donors (Lipinski definition) is 3. The summed E-state index contributed by atoms with van der Waals surface area (Å²) in [6.07, 6.45) is -0.427. The van der Waals surface area contributed by atoms with Gasteiger partial charge in [0.05, 0.1) is 6.42 Å². The summed E-state index contributed by atoms with van der Waals surface area (Å²) in [5.74, 6) is 2.31. The summed E-state index contributed by atoms with van der Waals surface area (Å²) in [4.78, 5) is 20.1. The molecule has 4 N–H and O–H groups in total. The van der Waals surface area contributed by atoms with Crippen LogP contribution in [-0.4, -0.2) is 27.9 Å². The lowest BCUT2D eigenvalue weighted by atomic mass is 10.2. The first-order valence-electron chi connectivity index (χ1n) is 2.79. The number of hydrogen-bond acceptors (Lipinski definition) is 4. The van der Waals surface area contributed by atoms with Crippen molar-refractivity contribution in [2.45, 2.75) is 12.8 Å². The van der Waals surface area contributed by atoms with Crippen LogP contribution in [0.3, 0.4) is 0 Å². The minimum atomic E-state index is -1.28. The number of nitrogens with two attached hydrogens (primary N) is 1. The number of carboxylic acids is 2. The first-order chi connectivity index (χ1) is 5.07. The molecule has 0 rings (SSSR count). The predicted molar refractivity (Wildman–Crippen MR) is 36.1 cm³/mol. The summed E-state index contributed by atoms with van der Waals surface area (Å²) in [7, 11) is 0. The van der Waals surface area contributed by atoms with E-state index >= 15 is 0 Å². The van der Waals surface area contributed by atoms with Crippen molar-refractivity contribution in [1.29, 1.82) is 0 Å². The van der Waals surface area contributed by atoms with Gasteiger partial charge in [0.1, 0.15) is 5.71 Å². The molecule has 6 nitrogen and oxygen atoms in total. The standard InChI is InChI=1S/C5H8N2O4/c6-7-3(5(10)11)1-2-4(8)9/h1-2,6H2,(H,8,9)(H,10,11)/b7-3-. The molecule has 0 saturated carbocycles. The van der Waals surface area contributed by atoms with E-state index in [0.29, 0.717) is 0 Å². The van der Waals surface area contributed by atoms with Crippen LogP contribution in [-0.2, 0) is 9.59 Å². The molecule has 11 heavy (non-hydrogen) atoms. The van der Waals surface area contributed by atoms with Crippen molar-refractivity contribution in [3.05, 3.63) is 0 Å². The molecule has 0 radical (unpaired) electrons. The second-order valence-corrected chi connectivity index (χ2v) is 1.77. The van der Waals surface area contributed by atoms with Crippen LogP contribution in [0.25, 0.3) is 0 Å². The van der Waals surface area contributed by atoms with Crippen LogP contribution < -0.4 is 5.84 Å². The Balaban J connectivity index is 3.92. The van der Waals surface area contributed by atoms with Crippen molar-refractivity contribution < 1.29 is 19.8 Å². The molecular formula is C5H8N2O4. The molecule has 0 atom stereocenters. The summed E-state index contributed by atoms with van der Waals surface area (Å²) in [5, 5.41) is 19.3. The fraction of sp³-hybridized carbons (Fsp3) is 0.400. The summed E-state index contributed by atoms with van der Waals surface area (Å²) < 4.78 is 0. The maximum Gasteiger partial charge on any atom is 0.352 e. The van der Waals surface area contributed by atoms with Gasteiger partial charge < -0.3 is 16.1 Å². The Hall–Kier alpha value is -1.59. The highest BCUT2D eigenvalue weighted by Gasteiger charge is 2.10. The zero-order valence-corrected chi connectivity index (χ0v) is 5.65. The van der Waals surface area contributed by atoms with E-state index in [1.807, 2.05) is 0 Å². The fourth-order valence-corrected chi connectivity index (χ4v) is 0.452. The molecule has 0 bridgehead atoms. The Kier molecular flexibility index (Phi) is 3.65. The molecule has 0 aromatic carbocycles. The quantitative estimate of drug-likeness (QED) is 0.284. The van der Waals surface area contributed by atoms with Crippen LogP contribution in [0.5, 0.6) is 0 Å². The molecule has 0 fully saturated rings. The SMILES string of the molecule is N/N=C(/CCC(=O)O)C(=O)O. The van der Waals surface area contributed by atoms with Crippen molar-refractivity contribution in [3.8, 4) is 0 Å². The molecule has 0 spiro atoms. The Morgan fingerprint density at radius 3 is 2.09 bits per heavy atom. The van der Waals surface area contributed by atoms with E-state index < -0.39 is 11.9 Å².